The molecule has 94 valence electrons. The highest BCUT2D eigenvalue weighted by atomic mass is 16.6. The summed E-state index contributed by atoms with van der Waals surface area (Å²) in [7, 11) is 0. The Labute approximate surface area is 94.2 Å². The van der Waals surface area contributed by atoms with E-state index >= 15 is 0 Å². The Balaban J connectivity index is 3.20. The van der Waals surface area contributed by atoms with Crippen LogP contribution < -0.4 is 0 Å². The number of aliphatic hydroxyl groups excluding tert-OH is 1. The van der Waals surface area contributed by atoms with E-state index in [0.29, 0.717) is 6.61 Å². The molecule has 0 spiro atoms. The molecule has 0 aromatic heterocycles. The zero-order chi connectivity index (χ0) is 12.2. The highest BCUT2D eigenvalue weighted by molar-refractivity contribution is 5.72. The highest BCUT2D eigenvalue weighted by Crippen LogP contribution is 1.99. The lowest BCUT2D eigenvalue weighted by molar-refractivity contribution is -0.152. The molecule has 0 aliphatic heterocycles. The van der Waals surface area contributed by atoms with Crippen molar-refractivity contribution in [2.75, 3.05) is 26.4 Å². The van der Waals surface area contributed by atoms with Gasteiger partial charge < -0.3 is 19.7 Å². The average Bonchev–Trinajstić information content (AvgIpc) is 2.22. The molecule has 16 heavy (non-hydrogen) atoms. The van der Waals surface area contributed by atoms with E-state index in [9.17, 15) is 9.59 Å². The molecule has 0 unspecified atom stereocenters. The molecule has 6 heteroatoms. The topological polar surface area (TPSA) is 93.1 Å². The van der Waals surface area contributed by atoms with Crippen molar-refractivity contribution in [2.45, 2.75) is 25.7 Å². The quantitative estimate of drug-likeness (QED) is 0.414. The third kappa shape index (κ3) is 10.9. The first kappa shape index (κ1) is 14.9. The summed E-state index contributed by atoms with van der Waals surface area (Å²) in [5.74, 6) is -1.67. The molecule has 6 nitrogen and oxygen atoms in total. The maximum absolute atomic E-state index is 10.9. The zero-order valence-corrected chi connectivity index (χ0v) is 9.18. The van der Waals surface area contributed by atoms with E-state index in [4.69, 9.17) is 14.9 Å². The largest absolute Gasteiger partial charge is 0.480 e. The van der Waals surface area contributed by atoms with Crippen LogP contribution in [0, 0.1) is 0 Å². The first-order chi connectivity index (χ1) is 7.66. The van der Waals surface area contributed by atoms with Gasteiger partial charge in [-0.05, 0) is 19.3 Å². The minimum absolute atomic E-state index is 0.183. The molecule has 0 heterocycles. The molecule has 0 amide bonds. The van der Waals surface area contributed by atoms with Gasteiger partial charge in [0, 0.05) is 6.61 Å². The Morgan fingerprint density at radius 1 is 1.00 bits per heavy atom. The predicted molar refractivity (Wildman–Crippen MR) is 55.0 cm³/mol. The number of carbonyl (C=O) groups is 2. The summed E-state index contributed by atoms with van der Waals surface area (Å²) >= 11 is 0. The lowest BCUT2D eigenvalue weighted by Crippen LogP contribution is -2.17. The van der Waals surface area contributed by atoms with E-state index in [1.165, 1.54) is 0 Å². The van der Waals surface area contributed by atoms with Gasteiger partial charge in [-0.25, -0.2) is 9.59 Å². The maximum atomic E-state index is 10.9. The highest BCUT2D eigenvalue weighted by Gasteiger charge is 2.04. The van der Waals surface area contributed by atoms with Crippen molar-refractivity contribution < 1.29 is 29.3 Å². The van der Waals surface area contributed by atoms with Gasteiger partial charge in [0.15, 0.2) is 0 Å². The monoisotopic (exact) mass is 234 g/mol. The Kier molecular flexibility index (Phi) is 9.64. The van der Waals surface area contributed by atoms with Crippen LogP contribution in [0.1, 0.15) is 25.7 Å². The number of carboxylic acid groups (broad SMARTS) is 1. The van der Waals surface area contributed by atoms with Gasteiger partial charge in [0.1, 0.15) is 13.2 Å². The van der Waals surface area contributed by atoms with E-state index in [-0.39, 0.29) is 13.2 Å². The molecule has 0 rings (SSSR count). The van der Waals surface area contributed by atoms with Crippen molar-refractivity contribution >= 4 is 11.9 Å². The number of carboxylic acids is 1. The molecule has 0 radical (unpaired) electrons. The normalized spacial score (nSPS) is 10.1. The van der Waals surface area contributed by atoms with Gasteiger partial charge in [-0.1, -0.05) is 6.42 Å². The fourth-order valence-electron chi connectivity index (χ4n) is 1.02. The molecule has 0 saturated carbocycles. The van der Waals surface area contributed by atoms with Crippen LogP contribution in [0.15, 0.2) is 0 Å². The number of carbonyl (C=O) groups excluding carboxylic acids is 1. The van der Waals surface area contributed by atoms with E-state index in [0.717, 1.165) is 25.7 Å². The number of hydrogen-bond donors (Lipinski definition) is 2. The fourth-order valence-corrected chi connectivity index (χ4v) is 1.02. The lowest BCUT2D eigenvalue weighted by Gasteiger charge is -2.04. The summed E-state index contributed by atoms with van der Waals surface area (Å²) in [6.45, 7) is -0.335. The van der Waals surface area contributed by atoms with Crippen LogP contribution in [-0.4, -0.2) is 48.6 Å². The summed E-state index contributed by atoms with van der Waals surface area (Å²) in [6, 6.07) is 0. The first-order valence-corrected chi connectivity index (χ1v) is 5.23. The van der Waals surface area contributed by atoms with Crippen LogP contribution in [0.5, 0.6) is 0 Å². The van der Waals surface area contributed by atoms with E-state index in [1.807, 2.05) is 0 Å². The summed E-state index contributed by atoms with van der Waals surface area (Å²) in [6.07, 6.45) is 3.30. The molecule has 0 aliphatic carbocycles. The molecule has 0 saturated heterocycles. The Morgan fingerprint density at radius 3 is 2.31 bits per heavy atom. The zero-order valence-electron chi connectivity index (χ0n) is 9.18. The second kappa shape index (κ2) is 10.4. The molecule has 0 atom stereocenters. The SMILES string of the molecule is O=C(O)COCC(=O)OCCCCCCO. The van der Waals surface area contributed by atoms with Crippen LogP contribution in [-0.2, 0) is 19.1 Å². The number of aliphatic hydroxyl groups is 1. The summed E-state index contributed by atoms with van der Waals surface area (Å²) in [4.78, 5) is 21.0. The summed E-state index contributed by atoms with van der Waals surface area (Å²) in [5.41, 5.74) is 0. The van der Waals surface area contributed by atoms with Crippen molar-refractivity contribution in [2.24, 2.45) is 0 Å². The first-order valence-electron chi connectivity index (χ1n) is 5.23. The van der Waals surface area contributed by atoms with Gasteiger partial charge in [-0.3, -0.25) is 0 Å². The predicted octanol–water partition coefficient (Wildman–Crippen LogP) is 0.183. The molecule has 2 N–H and O–H groups in total. The van der Waals surface area contributed by atoms with Crippen molar-refractivity contribution in [1.29, 1.82) is 0 Å². The van der Waals surface area contributed by atoms with Crippen LogP contribution in [0.25, 0.3) is 0 Å². The minimum atomic E-state index is -1.11. The van der Waals surface area contributed by atoms with Crippen LogP contribution in [0.3, 0.4) is 0 Å². The molecule has 0 aromatic rings. The van der Waals surface area contributed by atoms with Crippen molar-refractivity contribution in [3.05, 3.63) is 0 Å². The number of ether oxygens (including phenoxy) is 2. The van der Waals surface area contributed by atoms with Gasteiger partial charge in [-0.15, -0.1) is 0 Å². The standard InChI is InChI=1S/C10H18O6/c11-5-3-1-2-4-6-16-10(14)8-15-7-9(12)13/h11H,1-8H2,(H,12,13). The molecule has 0 aliphatic rings. The van der Waals surface area contributed by atoms with E-state index < -0.39 is 18.5 Å². The van der Waals surface area contributed by atoms with Crippen LogP contribution in [0.4, 0.5) is 0 Å². The van der Waals surface area contributed by atoms with Gasteiger partial charge in [0.25, 0.3) is 0 Å². The number of aliphatic carboxylic acids is 1. The van der Waals surface area contributed by atoms with Gasteiger partial charge in [0.2, 0.25) is 0 Å². The molecular weight excluding hydrogens is 216 g/mol. The Hall–Kier alpha value is -1.14. The Morgan fingerprint density at radius 2 is 1.69 bits per heavy atom. The molecule has 0 bridgehead atoms. The summed E-state index contributed by atoms with van der Waals surface area (Å²) in [5, 5.41) is 16.7. The lowest BCUT2D eigenvalue weighted by atomic mass is 10.2. The maximum Gasteiger partial charge on any atom is 0.332 e. The third-order valence-electron chi connectivity index (χ3n) is 1.76. The average molecular weight is 234 g/mol. The third-order valence-corrected chi connectivity index (χ3v) is 1.76. The number of esters is 1. The van der Waals surface area contributed by atoms with Crippen molar-refractivity contribution in [1.82, 2.24) is 0 Å². The van der Waals surface area contributed by atoms with Crippen LogP contribution in [0.2, 0.25) is 0 Å². The Bertz CT molecular complexity index is 203. The van der Waals surface area contributed by atoms with Gasteiger partial charge in [0.05, 0.1) is 6.61 Å². The minimum Gasteiger partial charge on any atom is -0.480 e. The number of rotatable bonds is 10. The van der Waals surface area contributed by atoms with E-state index in [2.05, 4.69) is 4.74 Å². The number of unbranched alkanes of at least 4 members (excludes halogenated alkanes) is 3. The van der Waals surface area contributed by atoms with Gasteiger partial charge >= 0.3 is 11.9 Å². The van der Waals surface area contributed by atoms with E-state index in [1.54, 1.807) is 0 Å². The molecule has 0 aromatic carbocycles. The van der Waals surface area contributed by atoms with Crippen molar-refractivity contribution in [3.8, 4) is 0 Å². The second-order valence-corrected chi connectivity index (χ2v) is 3.24. The second-order valence-electron chi connectivity index (χ2n) is 3.24. The molecular formula is C10H18O6. The number of hydrogen-bond acceptors (Lipinski definition) is 5. The molecule has 0 fully saturated rings. The van der Waals surface area contributed by atoms with Gasteiger partial charge in [-0.2, -0.15) is 0 Å². The summed E-state index contributed by atoms with van der Waals surface area (Å²) < 4.78 is 9.33. The fraction of sp³-hybridized carbons (Fsp3) is 0.800. The van der Waals surface area contributed by atoms with Crippen molar-refractivity contribution in [3.63, 3.8) is 0 Å². The smallest absolute Gasteiger partial charge is 0.332 e. The van der Waals surface area contributed by atoms with Crippen LogP contribution >= 0.6 is 0 Å².